The van der Waals surface area contributed by atoms with E-state index in [1.54, 1.807) is 97.1 Å². The molecule has 0 fully saturated rings. The molecule has 2 atom stereocenters. The second-order valence-electron chi connectivity index (χ2n) is 6.47. The first-order valence-electron chi connectivity index (χ1n) is 9.59. The van der Waals surface area contributed by atoms with Gasteiger partial charge in [-0.15, -0.1) is 0 Å². The summed E-state index contributed by atoms with van der Waals surface area (Å²) in [4.78, 5) is 23.6. The number of hydrogen-bond donors (Lipinski definition) is 0. The van der Waals surface area contributed by atoms with Crippen LogP contribution in [-0.2, 0) is 9.13 Å². The zero-order valence-electron chi connectivity index (χ0n) is 17.6. The van der Waals surface area contributed by atoms with Gasteiger partial charge in [0.25, 0.3) is 0 Å². The molecule has 2 unspecified atom stereocenters. The Balaban J connectivity index is 0.000000227. The molecule has 0 N–H and O–H groups in total. The molecule has 33 heavy (non-hydrogen) atoms. The zero-order valence-corrected chi connectivity index (χ0v) is 21.6. The Morgan fingerprint density at radius 1 is 0.455 bits per heavy atom. The maximum atomic E-state index is 11.8. The van der Waals surface area contributed by atoms with Crippen molar-refractivity contribution in [2.45, 2.75) is 0 Å². The van der Waals surface area contributed by atoms with Crippen molar-refractivity contribution in [1.82, 2.24) is 0 Å². The van der Waals surface area contributed by atoms with Crippen LogP contribution in [0.2, 0.25) is 0 Å². The summed E-state index contributed by atoms with van der Waals surface area (Å²) in [6.45, 7) is 0. The van der Waals surface area contributed by atoms with Crippen molar-refractivity contribution in [3.8, 4) is 11.5 Å². The first-order chi connectivity index (χ1) is 15.4. The van der Waals surface area contributed by atoms with E-state index in [1.807, 2.05) is 0 Å². The predicted molar refractivity (Wildman–Crippen MR) is 127 cm³/mol. The standard InChI is InChI=1S/2C12H11O3P.Ca/c2*13-16(14,12-9-5-2-6-10-12)15-11-7-3-1-4-8-11;/h2*1-10H,(H,13,14);/q;;+2/p-2. The van der Waals surface area contributed by atoms with E-state index in [0.717, 1.165) is 0 Å². The molecule has 4 aromatic carbocycles. The molecule has 4 aromatic rings. The SMILES string of the molecule is O=P([O-])(Oc1ccccc1)c1ccccc1.O=P([O-])(Oc1ccccc1)c1ccccc1.[Ca+2]. The molecule has 0 aliphatic rings. The van der Waals surface area contributed by atoms with E-state index in [9.17, 15) is 18.9 Å². The van der Waals surface area contributed by atoms with Gasteiger partial charge in [-0.2, -0.15) is 0 Å². The summed E-state index contributed by atoms with van der Waals surface area (Å²) in [5.41, 5.74) is 0. The van der Waals surface area contributed by atoms with Crippen LogP contribution >= 0.6 is 15.2 Å². The quantitative estimate of drug-likeness (QED) is 0.293. The van der Waals surface area contributed by atoms with Crippen molar-refractivity contribution in [3.63, 3.8) is 0 Å². The molecule has 0 heterocycles. The van der Waals surface area contributed by atoms with Crippen LogP contribution in [0.4, 0.5) is 0 Å². The van der Waals surface area contributed by atoms with E-state index < -0.39 is 15.2 Å². The third-order valence-corrected chi connectivity index (χ3v) is 6.85. The minimum atomic E-state index is -4.02. The summed E-state index contributed by atoms with van der Waals surface area (Å²) in [5, 5.41) is 0.359. The van der Waals surface area contributed by atoms with Gasteiger partial charge in [0.15, 0.2) is 0 Å². The first kappa shape index (κ1) is 27.4. The zero-order chi connectivity index (χ0) is 22.9. The van der Waals surface area contributed by atoms with E-state index in [2.05, 4.69) is 0 Å². The van der Waals surface area contributed by atoms with Crippen LogP contribution in [0.25, 0.3) is 0 Å². The third kappa shape index (κ3) is 8.77. The Hall–Kier alpha value is -1.88. The summed E-state index contributed by atoms with van der Waals surface area (Å²) in [7, 11) is -8.03. The van der Waals surface area contributed by atoms with Crippen LogP contribution in [-0.4, -0.2) is 37.7 Å². The van der Waals surface area contributed by atoms with E-state index in [4.69, 9.17) is 9.05 Å². The van der Waals surface area contributed by atoms with Crippen molar-refractivity contribution in [1.29, 1.82) is 0 Å². The molecular formula is C24H20CaO6P2. The van der Waals surface area contributed by atoms with Gasteiger partial charge in [0.05, 0.1) is 0 Å². The van der Waals surface area contributed by atoms with Crippen LogP contribution < -0.4 is 29.4 Å². The molecule has 0 saturated heterocycles. The van der Waals surface area contributed by atoms with Crippen molar-refractivity contribution in [2.75, 3.05) is 0 Å². The summed E-state index contributed by atoms with van der Waals surface area (Å²) < 4.78 is 33.6. The molecule has 0 radical (unpaired) electrons. The summed E-state index contributed by atoms with van der Waals surface area (Å²) in [6.07, 6.45) is 0. The first-order valence-corrected chi connectivity index (χ1v) is 12.7. The van der Waals surface area contributed by atoms with Gasteiger partial charge in [-0.1, -0.05) is 72.8 Å². The van der Waals surface area contributed by atoms with Crippen LogP contribution in [0.3, 0.4) is 0 Å². The van der Waals surface area contributed by atoms with Gasteiger partial charge >= 0.3 is 37.7 Å². The summed E-state index contributed by atoms with van der Waals surface area (Å²) in [5.74, 6) is 0.648. The molecule has 0 aliphatic carbocycles. The van der Waals surface area contributed by atoms with Gasteiger partial charge in [-0.05, 0) is 48.5 Å². The number of benzene rings is 4. The summed E-state index contributed by atoms with van der Waals surface area (Å²) >= 11 is 0. The average Bonchev–Trinajstić information content (AvgIpc) is 2.81. The molecule has 0 aromatic heterocycles. The van der Waals surface area contributed by atoms with Gasteiger partial charge < -0.3 is 18.8 Å². The normalized spacial score (nSPS) is 13.6. The maximum absolute atomic E-state index is 11.8. The Morgan fingerprint density at radius 2 is 0.697 bits per heavy atom. The Morgan fingerprint density at radius 3 is 0.970 bits per heavy atom. The molecule has 0 bridgehead atoms. The Kier molecular flexibility index (Phi) is 10.9. The fourth-order valence-electron chi connectivity index (χ4n) is 2.57. The van der Waals surface area contributed by atoms with Gasteiger partial charge in [-0.25, -0.2) is 0 Å². The minimum absolute atomic E-state index is 0. The van der Waals surface area contributed by atoms with Gasteiger partial charge in [0.1, 0.15) is 11.5 Å². The second kappa shape index (κ2) is 13.1. The Labute approximate surface area is 222 Å². The van der Waals surface area contributed by atoms with E-state index in [0.29, 0.717) is 11.5 Å². The number of para-hydroxylation sites is 2. The van der Waals surface area contributed by atoms with Crippen LogP contribution in [0.1, 0.15) is 0 Å². The van der Waals surface area contributed by atoms with Gasteiger partial charge in [-0.3, -0.25) is 9.13 Å². The maximum Gasteiger partial charge on any atom is 2.00 e. The van der Waals surface area contributed by atoms with Crippen molar-refractivity contribution in [3.05, 3.63) is 121 Å². The molecule has 4 rings (SSSR count). The van der Waals surface area contributed by atoms with Gasteiger partial charge in [0, 0.05) is 10.6 Å². The Bertz CT molecular complexity index is 1100. The molecule has 9 heteroatoms. The van der Waals surface area contributed by atoms with E-state index in [1.165, 1.54) is 24.3 Å². The van der Waals surface area contributed by atoms with Crippen LogP contribution in [0.5, 0.6) is 11.5 Å². The predicted octanol–water partition coefficient (Wildman–Crippen LogP) is 3.51. The van der Waals surface area contributed by atoms with Gasteiger partial charge in [0.2, 0.25) is 15.2 Å². The van der Waals surface area contributed by atoms with Crippen molar-refractivity contribution < 1.29 is 28.0 Å². The topological polar surface area (TPSA) is 98.7 Å². The molecule has 0 saturated carbocycles. The van der Waals surface area contributed by atoms with Crippen LogP contribution in [0.15, 0.2) is 121 Å². The second-order valence-corrected chi connectivity index (χ2v) is 9.86. The number of rotatable bonds is 6. The molecule has 0 amide bonds. The fraction of sp³-hybridized carbons (Fsp3) is 0. The molecule has 164 valence electrons. The monoisotopic (exact) mass is 506 g/mol. The van der Waals surface area contributed by atoms with E-state index in [-0.39, 0.29) is 48.3 Å². The fourth-order valence-corrected chi connectivity index (χ4v) is 4.65. The summed E-state index contributed by atoms with van der Waals surface area (Å²) in [6, 6.07) is 33.1. The smallest absolute Gasteiger partial charge is 0.765 e. The minimum Gasteiger partial charge on any atom is -0.765 e. The van der Waals surface area contributed by atoms with Crippen molar-refractivity contribution >= 4 is 63.5 Å². The molecule has 0 aliphatic heterocycles. The van der Waals surface area contributed by atoms with Crippen molar-refractivity contribution in [2.24, 2.45) is 0 Å². The molecular weight excluding hydrogens is 486 g/mol. The molecule has 6 nitrogen and oxygen atoms in total. The average molecular weight is 506 g/mol. The third-order valence-electron chi connectivity index (χ3n) is 4.08. The largest absolute Gasteiger partial charge is 2.00 e. The van der Waals surface area contributed by atoms with E-state index >= 15 is 0 Å². The molecule has 0 spiro atoms. The van der Waals surface area contributed by atoms with Crippen LogP contribution in [0, 0.1) is 0 Å². The number of hydrogen-bond acceptors (Lipinski definition) is 6.